The molecule has 2 aromatic carbocycles. The monoisotopic (exact) mass is 426 g/mol. The predicted octanol–water partition coefficient (Wildman–Crippen LogP) is 3.16. The third kappa shape index (κ3) is 4.62. The first-order chi connectivity index (χ1) is 13.7. The van der Waals surface area contributed by atoms with Crippen molar-refractivity contribution in [3.05, 3.63) is 65.5 Å². The van der Waals surface area contributed by atoms with Crippen molar-refractivity contribution in [3.63, 3.8) is 0 Å². The van der Waals surface area contributed by atoms with Gasteiger partial charge in [0.25, 0.3) is 0 Å². The molecule has 0 radical (unpaired) electrons. The molecule has 0 N–H and O–H groups in total. The van der Waals surface area contributed by atoms with Crippen LogP contribution in [0.2, 0.25) is 0 Å². The van der Waals surface area contributed by atoms with Crippen LogP contribution >= 0.6 is 0 Å². The largest absolute Gasteiger partial charge is 0.341 e. The van der Waals surface area contributed by atoms with Gasteiger partial charge in [-0.2, -0.15) is 4.31 Å². The topological polar surface area (TPSA) is 57.7 Å². The van der Waals surface area contributed by atoms with Gasteiger partial charge in [0.2, 0.25) is 15.9 Å². The zero-order chi connectivity index (χ0) is 21.2. The molecule has 0 bridgehead atoms. The van der Waals surface area contributed by atoms with Crippen LogP contribution in [0.15, 0.2) is 47.4 Å². The fourth-order valence-corrected chi connectivity index (χ4v) is 4.97. The van der Waals surface area contributed by atoms with Crippen LogP contribution in [0.5, 0.6) is 0 Å². The molecule has 0 aromatic heterocycles. The standard InChI is InChI=1S/C20H21F3N2O3S/c1-24(13-15-6-7-16(21)12-18(15)23)20(26)14-8-10-25(11-9-14)29(27,28)19-5-3-2-4-17(19)22/h2-7,12,14H,8-11,13H2,1H3. The van der Waals surface area contributed by atoms with Gasteiger partial charge >= 0.3 is 0 Å². The highest BCUT2D eigenvalue weighted by atomic mass is 32.2. The summed E-state index contributed by atoms with van der Waals surface area (Å²) in [5.74, 6) is -2.89. The molecule has 9 heteroatoms. The van der Waals surface area contributed by atoms with Crippen LogP contribution in [0.3, 0.4) is 0 Å². The molecule has 1 fully saturated rings. The summed E-state index contributed by atoms with van der Waals surface area (Å²) in [6.07, 6.45) is 0.561. The van der Waals surface area contributed by atoms with Crippen LogP contribution < -0.4 is 0 Å². The molecule has 1 amide bonds. The zero-order valence-corrected chi connectivity index (χ0v) is 16.6. The fraction of sp³-hybridized carbons (Fsp3) is 0.350. The van der Waals surface area contributed by atoms with Gasteiger partial charge in [-0.3, -0.25) is 4.79 Å². The summed E-state index contributed by atoms with van der Waals surface area (Å²) < 4.78 is 67.2. The molecular formula is C20H21F3N2O3S. The summed E-state index contributed by atoms with van der Waals surface area (Å²) >= 11 is 0. The van der Waals surface area contributed by atoms with Gasteiger partial charge < -0.3 is 4.90 Å². The molecule has 0 spiro atoms. The smallest absolute Gasteiger partial charge is 0.245 e. The molecule has 0 aliphatic carbocycles. The normalized spacial score (nSPS) is 16.0. The minimum Gasteiger partial charge on any atom is -0.341 e. The average Bonchev–Trinajstić information content (AvgIpc) is 2.69. The number of hydrogen-bond donors (Lipinski definition) is 0. The maximum Gasteiger partial charge on any atom is 0.245 e. The van der Waals surface area contributed by atoms with E-state index in [1.807, 2.05) is 0 Å². The quantitative estimate of drug-likeness (QED) is 0.738. The number of nitrogens with zero attached hydrogens (tertiary/aromatic N) is 2. The summed E-state index contributed by atoms with van der Waals surface area (Å²) in [6, 6.07) is 8.36. The van der Waals surface area contributed by atoms with Gasteiger partial charge in [-0.05, 0) is 31.0 Å². The summed E-state index contributed by atoms with van der Waals surface area (Å²) in [7, 11) is -2.45. The van der Waals surface area contributed by atoms with E-state index < -0.39 is 33.4 Å². The Morgan fingerprint density at radius 1 is 1.07 bits per heavy atom. The first kappa shape index (κ1) is 21.3. The number of amides is 1. The molecule has 0 saturated carbocycles. The van der Waals surface area contributed by atoms with Gasteiger partial charge in [0.1, 0.15) is 22.3 Å². The van der Waals surface area contributed by atoms with E-state index in [1.54, 1.807) is 0 Å². The molecule has 5 nitrogen and oxygen atoms in total. The van der Waals surface area contributed by atoms with Gasteiger partial charge in [-0.1, -0.05) is 18.2 Å². The van der Waals surface area contributed by atoms with E-state index >= 15 is 0 Å². The number of piperidine rings is 1. The van der Waals surface area contributed by atoms with Crippen molar-refractivity contribution in [1.29, 1.82) is 0 Å². The molecule has 1 aliphatic heterocycles. The van der Waals surface area contributed by atoms with Crippen molar-refractivity contribution >= 4 is 15.9 Å². The molecule has 0 atom stereocenters. The Morgan fingerprint density at radius 2 is 1.72 bits per heavy atom. The summed E-state index contributed by atoms with van der Waals surface area (Å²) in [5, 5.41) is 0. The highest BCUT2D eigenvalue weighted by Crippen LogP contribution is 2.26. The van der Waals surface area contributed by atoms with Gasteiger partial charge in [-0.25, -0.2) is 21.6 Å². The number of carbonyl (C=O) groups is 1. The van der Waals surface area contributed by atoms with E-state index in [2.05, 4.69) is 0 Å². The van der Waals surface area contributed by atoms with Gasteiger partial charge in [0.15, 0.2) is 0 Å². The lowest BCUT2D eigenvalue weighted by Crippen LogP contribution is -2.43. The van der Waals surface area contributed by atoms with Crippen LogP contribution in [0, 0.1) is 23.4 Å². The lowest BCUT2D eigenvalue weighted by molar-refractivity contribution is -0.136. The molecule has 1 heterocycles. The van der Waals surface area contributed by atoms with Gasteiger partial charge in [0.05, 0.1) is 0 Å². The van der Waals surface area contributed by atoms with E-state index in [1.165, 1.54) is 40.5 Å². The number of benzene rings is 2. The minimum atomic E-state index is -3.97. The third-order valence-electron chi connectivity index (χ3n) is 5.06. The van der Waals surface area contributed by atoms with Gasteiger partial charge in [0, 0.05) is 44.2 Å². The highest BCUT2D eigenvalue weighted by molar-refractivity contribution is 7.89. The average molecular weight is 426 g/mol. The lowest BCUT2D eigenvalue weighted by atomic mass is 9.96. The first-order valence-corrected chi connectivity index (χ1v) is 10.6. The summed E-state index contributed by atoms with van der Waals surface area (Å²) in [4.78, 5) is 13.6. The van der Waals surface area contributed by atoms with Crippen molar-refractivity contribution in [2.24, 2.45) is 5.92 Å². The number of halogens is 3. The molecule has 156 valence electrons. The predicted molar refractivity (Wildman–Crippen MR) is 101 cm³/mol. The molecule has 2 aromatic rings. The maximum absolute atomic E-state index is 13.9. The number of hydrogen-bond acceptors (Lipinski definition) is 3. The third-order valence-corrected chi connectivity index (χ3v) is 6.99. The van der Waals surface area contributed by atoms with E-state index in [0.29, 0.717) is 0 Å². The van der Waals surface area contributed by atoms with Crippen LogP contribution in [0.1, 0.15) is 18.4 Å². The van der Waals surface area contributed by atoms with Crippen molar-refractivity contribution in [2.75, 3.05) is 20.1 Å². The molecule has 1 aliphatic rings. The van der Waals surface area contributed by atoms with Crippen LogP contribution in [0.4, 0.5) is 13.2 Å². The second kappa shape index (κ2) is 8.54. The molecular weight excluding hydrogens is 405 g/mol. The van der Waals surface area contributed by atoms with E-state index in [-0.39, 0.29) is 48.8 Å². The maximum atomic E-state index is 13.9. The van der Waals surface area contributed by atoms with Crippen molar-refractivity contribution in [2.45, 2.75) is 24.3 Å². The second-order valence-corrected chi connectivity index (χ2v) is 8.95. The van der Waals surface area contributed by atoms with Crippen LogP contribution in [-0.4, -0.2) is 43.7 Å². The molecule has 1 saturated heterocycles. The molecule has 3 rings (SSSR count). The Balaban J connectivity index is 1.62. The van der Waals surface area contributed by atoms with Crippen molar-refractivity contribution in [1.82, 2.24) is 9.21 Å². The summed E-state index contributed by atoms with van der Waals surface area (Å²) in [6.45, 7) is 0.163. The SMILES string of the molecule is CN(Cc1ccc(F)cc1F)C(=O)C1CCN(S(=O)(=O)c2ccccc2F)CC1. The highest BCUT2D eigenvalue weighted by Gasteiger charge is 2.34. The number of sulfonamides is 1. The Morgan fingerprint density at radius 3 is 2.34 bits per heavy atom. The Kier molecular flexibility index (Phi) is 6.28. The Bertz CT molecular complexity index is 1010. The first-order valence-electron chi connectivity index (χ1n) is 9.13. The lowest BCUT2D eigenvalue weighted by Gasteiger charge is -2.32. The summed E-state index contributed by atoms with van der Waals surface area (Å²) in [5.41, 5.74) is 0.196. The molecule has 29 heavy (non-hydrogen) atoms. The van der Waals surface area contributed by atoms with E-state index in [0.717, 1.165) is 18.2 Å². The zero-order valence-electron chi connectivity index (χ0n) is 15.8. The Labute approximate surface area is 167 Å². The number of carbonyl (C=O) groups excluding carboxylic acids is 1. The van der Waals surface area contributed by atoms with E-state index in [9.17, 15) is 26.4 Å². The van der Waals surface area contributed by atoms with Crippen molar-refractivity contribution < 1.29 is 26.4 Å². The van der Waals surface area contributed by atoms with Crippen LogP contribution in [0.25, 0.3) is 0 Å². The number of rotatable bonds is 5. The minimum absolute atomic E-state index is 0.0152. The second-order valence-electron chi connectivity index (χ2n) is 7.04. The van der Waals surface area contributed by atoms with Gasteiger partial charge in [-0.15, -0.1) is 0 Å². The Hall–Kier alpha value is -2.39. The fourth-order valence-electron chi connectivity index (χ4n) is 3.43. The van der Waals surface area contributed by atoms with Crippen LogP contribution in [-0.2, 0) is 21.4 Å². The van der Waals surface area contributed by atoms with E-state index in [4.69, 9.17) is 0 Å². The molecule has 0 unspecified atom stereocenters. The van der Waals surface area contributed by atoms with Crippen molar-refractivity contribution in [3.8, 4) is 0 Å².